The number of alkyl halides is 6. The first-order valence-electron chi connectivity index (χ1n) is 11.4. The van der Waals surface area contributed by atoms with Gasteiger partial charge in [0.25, 0.3) is 0 Å². The van der Waals surface area contributed by atoms with Gasteiger partial charge in [0.05, 0.1) is 28.7 Å². The van der Waals surface area contributed by atoms with Gasteiger partial charge in [-0.05, 0) is 42.0 Å². The highest BCUT2D eigenvalue weighted by atomic mass is 19.4. The van der Waals surface area contributed by atoms with Gasteiger partial charge in [-0.15, -0.1) is 0 Å². The van der Waals surface area contributed by atoms with Crippen LogP contribution in [0.1, 0.15) is 16.8 Å². The van der Waals surface area contributed by atoms with Crippen LogP contribution in [0.2, 0.25) is 0 Å². The van der Waals surface area contributed by atoms with Gasteiger partial charge in [0.2, 0.25) is 0 Å². The predicted molar refractivity (Wildman–Crippen MR) is 131 cm³/mol. The van der Waals surface area contributed by atoms with Crippen molar-refractivity contribution in [3.8, 4) is 17.3 Å². The minimum atomic E-state index is -4.63. The number of fused-ring (bicyclic) bond motifs is 1. The molecule has 0 atom stereocenters. The lowest BCUT2D eigenvalue weighted by Gasteiger charge is -2.14. The van der Waals surface area contributed by atoms with Crippen LogP contribution in [-0.4, -0.2) is 19.9 Å². The monoisotopic (exact) mass is 541 g/mol. The maximum atomic E-state index is 13.6. The number of hydrogen-bond donors (Lipinski definition) is 1. The van der Waals surface area contributed by atoms with Crippen molar-refractivity contribution in [1.82, 2.24) is 19.9 Å². The van der Waals surface area contributed by atoms with Crippen molar-refractivity contribution in [3.05, 3.63) is 102 Å². The number of nitrogens with zero attached hydrogens (tertiary/aromatic N) is 4. The second kappa shape index (κ2) is 10.2. The molecular formula is C27H17F6N5O. The summed E-state index contributed by atoms with van der Waals surface area (Å²) in [5.74, 6) is 0.160. The number of benzene rings is 2. The molecule has 0 saturated carbocycles. The van der Waals surface area contributed by atoms with Crippen LogP contribution in [0, 0.1) is 0 Å². The lowest BCUT2D eigenvalue weighted by Crippen LogP contribution is -2.08. The highest BCUT2D eigenvalue weighted by molar-refractivity contribution is 5.93. The molecule has 0 fully saturated rings. The molecule has 2 aromatic carbocycles. The number of nitrogens with one attached hydrogen (secondary N) is 1. The number of rotatable bonds is 6. The lowest BCUT2D eigenvalue weighted by molar-refractivity contribution is -0.141. The van der Waals surface area contributed by atoms with Gasteiger partial charge in [-0.1, -0.05) is 36.4 Å². The highest BCUT2D eigenvalue weighted by Crippen LogP contribution is 2.37. The van der Waals surface area contributed by atoms with Gasteiger partial charge in [0.15, 0.2) is 0 Å². The van der Waals surface area contributed by atoms with Crippen molar-refractivity contribution in [2.45, 2.75) is 19.0 Å². The van der Waals surface area contributed by atoms with Crippen molar-refractivity contribution in [1.29, 1.82) is 0 Å². The number of aromatic nitrogens is 4. The summed E-state index contributed by atoms with van der Waals surface area (Å²) in [7, 11) is 0. The minimum Gasteiger partial charge on any atom is -0.459 e. The quantitative estimate of drug-likeness (QED) is 0.225. The van der Waals surface area contributed by atoms with Crippen LogP contribution in [0.4, 0.5) is 37.8 Å². The van der Waals surface area contributed by atoms with Crippen LogP contribution >= 0.6 is 0 Å². The summed E-state index contributed by atoms with van der Waals surface area (Å²) in [6, 6.07) is 17.5. The van der Waals surface area contributed by atoms with E-state index in [2.05, 4.69) is 25.3 Å². The second-order valence-corrected chi connectivity index (χ2v) is 8.31. The van der Waals surface area contributed by atoms with Gasteiger partial charge in [-0.3, -0.25) is 4.98 Å². The molecule has 5 rings (SSSR count). The Labute approximate surface area is 217 Å². The molecule has 3 heterocycles. The molecule has 6 nitrogen and oxygen atoms in total. The third-order valence-electron chi connectivity index (χ3n) is 5.59. The third kappa shape index (κ3) is 5.89. The van der Waals surface area contributed by atoms with Crippen LogP contribution in [0.15, 0.2) is 85.2 Å². The van der Waals surface area contributed by atoms with E-state index in [-0.39, 0.29) is 40.9 Å². The van der Waals surface area contributed by atoms with E-state index >= 15 is 0 Å². The summed E-state index contributed by atoms with van der Waals surface area (Å²) in [6.07, 6.45) is -6.97. The normalized spacial score (nSPS) is 11.9. The Morgan fingerprint density at radius 1 is 0.769 bits per heavy atom. The summed E-state index contributed by atoms with van der Waals surface area (Å²) < 4.78 is 85.3. The topological polar surface area (TPSA) is 72.8 Å². The number of hydrogen-bond acceptors (Lipinski definition) is 6. The Kier molecular flexibility index (Phi) is 6.77. The van der Waals surface area contributed by atoms with Crippen LogP contribution in [0.3, 0.4) is 0 Å². The van der Waals surface area contributed by atoms with Crippen molar-refractivity contribution >= 4 is 22.4 Å². The molecule has 12 heteroatoms. The molecule has 0 spiro atoms. The van der Waals surface area contributed by atoms with Crippen LogP contribution in [0.5, 0.6) is 6.01 Å². The maximum absolute atomic E-state index is 13.6. The Bertz CT molecular complexity index is 1610. The number of halogens is 6. The number of anilines is 2. The zero-order chi connectivity index (χ0) is 27.6. The fourth-order valence-electron chi connectivity index (χ4n) is 3.77. The average molecular weight is 541 g/mol. The van der Waals surface area contributed by atoms with E-state index in [1.807, 2.05) is 30.3 Å². The van der Waals surface area contributed by atoms with E-state index < -0.39 is 23.6 Å². The van der Waals surface area contributed by atoms with E-state index in [0.29, 0.717) is 5.39 Å². The van der Waals surface area contributed by atoms with Crippen LogP contribution in [0.25, 0.3) is 22.2 Å². The molecule has 0 aliphatic rings. The van der Waals surface area contributed by atoms with Crippen LogP contribution < -0.4 is 10.1 Å². The Morgan fingerprint density at radius 3 is 2.26 bits per heavy atom. The van der Waals surface area contributed by atoms with E-state index in [1.165, 1.54) is 36.5 Å². The van der Waals surface area contributed by atoms with E-state index in [1.54, 1.807) is 0 Å². The summed E-state index contributed by atoms with van der Waals surface area (Å²) in [5.41, 5.74) is -0.846. The van der Waals surface area contributed by atoms with Gasteiger partial charge in [-0.2, -0.15) is 36.3 Å². The van der Waals surface area contributed by atoms with E-state index in [0.717, 1.165) is 23.9 Å². The molecule has 198 valence electrons. The SMILES string of the molecule is FC(F)(F)c1ccc(Nc2nc(OCc3ccccc3)nc3cc(-c4ncccc4C(F)(F)F)ccc23)cn1. The molecule has 0 saturated heterocycles. The maximum Gasteiger partial charge on any atom is 0.433 e. The number of pyridine rings is 2. The Balaban J connectivity index is 1.56. The zero-order valence-electron chi connectivity index (χ0n) is 19.8. The van der Waals surface area contributed by atoms with E-state index in [9.17, 15) is 26.3 Å². The lowest BCUT2D eigenvalue weighted by atomic mass is 10.0. The van der Waals surface area contributed by atoms with Crippen molar-refractivity contribution in [3.63, 3.8) is 0 Å². The zero-order valence-corrected chi connectivity index (χ0v) is 19.8. The van der Waals surface area contributed by atoms with Gasteiger partial charge < -0.3 is 10.1 Å². The highest BCUT2D eigenvalue weighted by Gasteiger charge is 2.34. The molecule has 0 amide bonds. The summed E-state index contributed by atoms with van der Waals surface area (Å²) in [4.78, 5) is 16.1. The molecule has 39 heavy (non-hydrogen) atoms. The molecule has 3 aromatic heterocycles. The molecule has 5 aromatic rings. The smallest absolute Gasteiger partial charge is 0.433 e. The van der Waals surface area contributed by atoms with Gasteiger partial charge >= 0.3 is 18.4 Å². The van der Waals surface area contributed by atoms with Crippen molar-refractivity contribution in [2.75, 3.05) is 5.32 Å². The molecular weight excluding hydrogens is 524 g/mol. The predicted octanol–water partition coefficient (Wildman–Crippen LogP) is 7.45. The first-order valence-corrected chi connectivity index (χ1v) is 11.4. The minimum absolute atomic E-state index is 0.0945. The molecule has 1 N–H and O–H groups in total. The standard InChI is InChI=1S/C27H17F6N5O/c28-26(29,30)20-7-4-12-34-23(20)17-8-10-19-21(13-17)37-25(39-15-16-5-2-1-3-6-16)38-24(19)36-18-9-11-22(35-14-18)27(31,32)33/h1-14H,15H2,(H,36,37,38). The first kappa shape index (κ1) is 25.9. The van der Waals surface area contributed by atoms with Crippen molar-refractivity contribution < 1.29 is 31.1 Å². The Hall–Kier alpha value is -4.74. The first-order chi connectivity index (χ1) is 18.6. The third-order valence-corrected chi connectivity index (χ3v) is 5.59. The molecule has 0 bridgehead atoms. The Morgan fingerprint density at radius 2 is 1.56 bits per heavy atom. The van der Waals surface area contributed by atoms with E-state index in [4.69, 9.17) is 4.74 Å². The number of ether oxygens (including phenoxy) is 1. The van der Waals surface area contributed by atoms with Gasteiger partial charge in [0.1, 0.15) is 18.1 Å². The van der Waals surface area contributed by atoms with Gasteiger partial charge in [-0.25, -0.2) is 4.98 Å². The largest absolute Gasteiger partial charge is 0.459 e. The molecule has 0 aliphatic carbocycles. The second-order valence-electron chi connectivity index (χ2n) is 8.31. The fourth-order valence-corrected chi connectivity index (χ4v) is 3.77. The summed E-state index contributed by atoms with van der Waals surface area (Å²) in [6.45, 7) is 0.103. The van der Waals surface area contributed by atoms with Crippen LogP contribution in [-0.2, 0) is 19.0 Å². The molecule has 0 aliphatic heterocycles. The summed E-state index contributed by atoms with van der Waals surface area (Å²) in [5, 5.41) is 3.29. The fraction of sp³-hybridized carbons (Fsp3) is 0.111. The summed E-state index contributed by atoms with van der Waals surface area (Å²) >= 11 is 0. The molecule has 0 unspecified atom stereocenters. The molecule has 0 radical (unpaired) electrons. The van der Waals surface area contributed by atoms with Crippen molar-refractivity contribution in [2.24, 2.45) is 0 Å². The average Bonchev–Trinajstić information content (AvgIpc) is 2.91. The van der Waals surface area contributed by atoms with Gasteiger partial charge in [0, 0.05) is 17.1 Å².